The second kappa shape index (κ2) is 7.94. The Kier molecular flexibility index (Phi) is 5.21. The van der Waals surface area contributed by atoms with E-state index in [9.17, 15) is 9.18 Å². The topological polar surface area (TPSA) is 50.2 Å². The molecule has 3 aromatic rings. The lowest BCUT2D eigenvalue weighted by Gasteiger charge is -2.23. The van der Waals surface area contributed by atoms with Crippen LogP contribution in [-0.4, -0.2) is 33.2 Å². The fourth-order valence-electron chi connectivity index (χ4n) is 3.74. The lowest BCUT2D eigenvalue weighted by molar-refractivity contribution is -0.120. The first kappa shape index (κ1) is 18.4. The molecule has 6 heteroatoms. The molecule has 2 aromatic carbocycles. The normalized spacial score (nSPS) is 17.0. The molecule has 144 valence electrons. The van der Waals surface area contributed by atoms with Crippen LogP contribution in [0, 0.1) is 5.82 Å². The Morgan fingerprint density at radius 3 is 2.75 bits per heavy atom. The van der Waals surface area contributed by atoms with Crippen LogP contribution in [0.3, 0.4) is 0 Å². The summed E-state index contributed by atoms with van der Waals surface area (Å²) < 4.78 is 15.2. The second-order valence-electron chi connectivity index (χ2n) is 7.23. The maximum absolute atomic E-state index is 13.4. The zero-order valence-corrected chi connectivity index (χ0v) is 15.8. The number of carbonyl (C=O) groups excluding carboxylic acids is 1. The molecule has 1 saturated heterocycles. The Balaban J connectivity index is 1.41. The third-order valence-electron chi connectivity index (χ3n) is 5.12. The van der Waals surface area contributed by atoms with Gasteiger partial charge in [-0.15, -0.1) is 0 Å². The SMILES string of the molecule is Cn1cc(CN2CCCC2C(=O)Nc2ccc(-c3cccc(F)c3)cc2)cn1. The van der Waals surface area contributed by atoms with E-state index >= 15 is 0 Å². The van der Waals surface area contributed by atoms with Crippen LogP contribution in [0.4, 0.5) is 10.1 Å². The summed E-state index contributed by atoms with van der Waals surface area (Å²) in [7, 11) is 1.89. The Morgan fingerprint density at radius 1 is 1.21 bits per heavy atom. The average molecular weight is 378 g/mol. The first-order valence-corrected chi connectivity index (χ1v) is 9.47. The van der Waals surface area contributed by atoms with Gasteiger partial charge in [0.2, 0.25) is 5.91 Å². The average Bonchev–Trinajstić information content (AvgIpc) is 3.31. The van der Waals surface area contributed by atoms with E-state index in [0.717, 1.165) is 48.3 Å². The minimum Gasteiger partial charge on any atom is -0.325 e. The first-order chi connectivity index (χ1) is 13.6. The fourth-order valence-corrected chi connectivity index (χ4v) is 3.74. The summed E-state index contributed by atoms with van der Waals surface area (Å²) in [5.74, 6) is -0.246. The van der Waals surface area contributed by atoms with Crippen LogP contribution in [-0.2, 0) is 18.4 Å². The quantitative estimate of drug-likeness (QED) is 0.734. The molecule has 4 rings (SSSR count). The molecule has 0 spiro atoms. The van der Waals surface area contributed by atoms with Crippen molar-refractivity contribution in [2.24, 2.45) is 7.05 Å². The predicted octanol–water partition coefficient (Wildman–Crippen LogP) is 3.83. The first-order valence-electron chi connectivity index (χ1n) is 9.47. The molecule has 1 unspecified atom stereocenters. The number of aryl methyl sites for hydroxylation is 1. The van der Waals surface area contributed by atoms with Gasteiger partial charge < -0.3 is 5.32 Å². The molecule has 1 N–H and O–H groups in total. The van der Waals surface area contributed by atoms with Crippen LogP contribution in [0.1, 0.15) is 18.4 Å². The van der Waals surface area contributed by atoms with E-state index in [1.165, 1.54) is 12.1 Å². The van der Waals surface area contributed by atoms with Crippen molar-refractivity contribution in [1.29, 1.82) is 0 Å². The van der Waals surface area contributed by atoms with Crippen molar-refractivity contribution in [2.75, 3.05) is 11.9 Å². The Labute approximate surface area is 163 Å². The zero-order valence-electron chi connectivity index (χ0n) is 15.8. The van der Waals surface area contributed by atoms with Crippen LogP contribution in [0.5, 0.6) is 0 Å². The molecular formula is C22H23FN4O. The molecule has 2 heterocycles. The second-order valence-corrected chi connectivity index (χ2v) is 7.23. The van der Waals surface area contributed by atoms with Gasteiger partial charge in [0.25, 0.3) is 0 Å². The number of nitrogens with zero attached hydrogens (tertiary/aromatic N) is 3. The Hall–Kier alpha value is -2.99. The molecule has 1 fully saturated rings. The fraction of sp³-hybridized carbons (Fsp3) is 0.273. The molecule has 1 amide bonds. The number of likely N-dealkylation sites (tertiary alicyclic amines) is 1. The van der Waals surface area contributed by atoms with Crippen molar-refractivity contribution in [3.63, 3.8) is 0 Å². The number of halogens is 1. The third-order valence-corrected chi connectivity index (χ3v) is 5.12. The molecule has 0 aliphatic carbocycles. The summed E-state index contributed by atoms with van der Waals surface area (Å²) >= 11 is 0. The van der Waals surface area contributed by atoms with Gasteiger partial charge in [-0.25, -0.2) is 4.39 Å². The summed E-state index contributed by atoms with van der Waals surface area (Å²) in [6.07, 6.45) is 5.70. The van der Waals surface area contributed by atoms with Crippen molar-refractivity contribution >= 4 is 11.6 Å². The van der Waals surface area contributed by atoms with Crippen LogP contribution >= 0.6 is 0 Å². The Morgan fingerprint density at radius 2 is 2.04 bits per heavy atom. The summed E-state index contributed by atoms with van der Waals surface area (Å²) in [5, 5.41) is 7.22. The highest BCUT2D eigenvalue weighted by molar-refractivity contribution is 5.95. The van der Waals surface area contributed by atoms with Gasteiger partial charge in [-0.2, -0.15) is 5.10 Å². The van der Waals surface area contributed by atoms with E-state index in [4.69, 9.17) is 0 Å². The van der Waals surface area contributed by atoms with Gasteiger partial charge in [0, 0.05) is 31.0 Å². The molecule has 5 nitrogen and oxygen atoms in total. The molecule has 1 aliphatic rings. The summed E-state index contributed by atoms with van der Waals surface area (Å²) in [6, 6.07) is 13.9. The van der Waals surface area contributed by atoms with E-state index in [1.54, 1.807) is 10.7 Å². The van der Waals surface area contributed by atoms with E-state index in [-0.39, 0.29) is 17.8 Å². The minimum atomic E-state index is -0.259. The molecule has 1 aliphatic heterocycles. The van der Waals surface area contributed by atoms with Gasteiger partial charge >= 0.3 is 0 Å². The molecule has 0 radical (unpaired) electrons. The number of carbonyl (C=O) groups is 1. The maximum Gasteiger partial charge on any atom is 0.241 e. The minimum absolute atomic E-state index is 0.0138. The highest BCUT2D eigenvalue weighted by Crippen LogP contribution is 2.24. The van der Waals surface area contributed by atoms with E-state index in [1.807, 2.05) is 49.8 Å². The molecule has 0 saturated carbocycles. The number of anilines is 1. The Bertz CT molecular complexity index is 967. The monoisotopic (exact) mass is 378 g/mol. The van der Waals surface area contributed by atoms with Gasteiger partial charge in [0.1, 0.15) is 5.82 Å². The van der Waals surface area contributed by atoms with Gasteiger partial charge in [0.15, 0.2) is 0 Å². The van der Waals surface area contributed by atoms with Gasteiger partial charge in [-0.1, -0.05) is 24.3 Å². The summed E-state index contributed by atoms with van der Waals surface area (Å²) in [6.45, 7) is 1.63. The van der Waals surface area contributed by atoms with Crippen molar-refractivity contribution in [3.8, 4) is 11.1 Å². The summed E-state index contributed by atoms with van der Waals surface area (Å²) in [5.41, 5.74) is 3.59. The number of hydrogen-bond donors (Lipinski definition) is 1. The van der Waals surface area contributed by atoms with Crippen molar-refractivity contribution in [3.05, 3.63) is 72.3 Å². The van der Waals surface area contributed by atoms with Gasteiger partial charge in [0.05, 0.1) is 12.2 Å². The van der Waals surface area contributed by atoms with E-state index in [0.29, 0.717) is 0 Å². The highest BCUT2D eigenvalue weighted by atomic mass is 19.1. The van der Waals surface area contributed by atoms with Crippen molar-refractivity contribution in [1.82, 2.24) is 14.7 Å². The molecule has 28 heavy (non-hydrogen) atoms. The zero-order chi connectivity index (χ0) is 19.5. The summed E-state index contributed by atoms with van der Waals surface area (Å²) in [4.78, 5) is 15.0. The standard InChI is InChI=1S/C22H23FN4O/c1-26-14-16(13-24-26)15-27-11-3-6-21(27)22(28)25-20-9-7-17(8-10-20)18-4-2-5-19(23)12-18/h2,4-5,7-10,12-14,21H,3,6,11,15H2,1H3,(H,25,28). The molecule has 0 bridgehead atoms. The highest BCUT2D eigenvalue weighted by Gasteiger charge is 2.30. The lowest BCUT2D eigenvalue weighted by atomic mass is 10.1. The number of hydrogen-bond acceptors (Lipinski definition) is 3. The maximum atomic E-state index is 13.4. The van der Waals surface area contributed by atoms with Gasteiger partial charge in [-0.3, -0.25) is 14.4 Å². The van der Waals surface area contributed by atoms with Crippen LogP contribution in [0.2, 0.25) is 0 Å². The number of nitrogens with one attached hydrogen (secondary N) is 1. The van der Waals surface area contributed by atoms with Crippen LogP contribution in [0.25, 0.3) is 11.1 Å². The van der Waals surface area contributed by atoms with Crippen molar-refractivity contribution in [2.45, 2.75) is 25.4 Å². The van der Waals surface area contributed by atoms with Crippen LogP contribution < -0.4 is 5.32 Å². The number of amides is 1. The smallest absolute Gasteiger partial charge is 0.241 e. The van der Waals surface area contributed by atoms with Crippen molar-refractivity contribution < 1.29 is 9.18 Å². The largest absolute Gasteiger partial charge is 0.325 e. The molecule has 1 atom stereocenters. The molecule has 1 aromatic heterocycles. The molecular weight excluding hydrogens is 355 g/mol. The predicted molar refractivity (Wildman–Crippen MR) is 107 cm³/mol. The number of benzene rings is 2. The lowest BCUT2D eigenvalue weighted by Crippen LogP contribution is -2.39. The van der Waals surface area contributed by atoms with Crippen LogP contribution in [0.15, 0.2) is 60.9 Å². The van der Waals surface area contributed by atoms with E-state index in [2.05, 4.69) is 15.3 Å². The van der Waals surface area contributed by atoms with E-state index < -0.39 is 0 Å². The third kappa shape index (κ3) is 4.12. The van der Waals surface area contributed by atoms with Gasteiger partial charge in [-0.05, 0) is 54.8 Å². The number of rotatable bonds is 5. The number of aromatic nitrogens is 2.